The van der Waals surface area contributed by atoms with Crippen LogP contribution in [0, 0.1) is 11.3 Å². The first-order valence-corrected chi connectivity index (χ1v) is 7.66. The van der Waals surface area contributed by atoms with E-state index < -0.39 is 0 Å². The van der Waals surface area contributed by atoms with Gasteiger partial charge in [-0.25, -0.2) is 4.68 Å². The van der Waals surface area contributed by atoms with E-state index in [2.05, 4.69) is 47.3 Å². The fourth-order valence-corrected chi connectivity index (χ4v) is 3.37. The summed E-state index contributed by atoms with van der Waals surface area (Å²) in [5, 5.41) is 12.0. The second-order valence-electron chi connectivity index (χ2n) is 7.35. The number of hydrogen-bond donors (Lipinski definition) is 1. The number of nitrogens with zero attached hydrogens (tertiary/aromatic N) is 3. The Balaban J connectivity index is 1.60. The van der Waals surface area contributed by atoms with Crippen LogP contribution in [-0.4, -0.2) is 28.1 Å². The Bertz CT molecular complexity index is 420. The van der Waals surface area contributed by atoms with E-state index in [9.17, 15) is 0 Å². The summed E-state index contributed by atoms with van der Waals surface area (Å²) in [7, 11) is 0. The van der Waals surface area contributed by atoms with E-state index >= 15 is 0 Å². The molecule has 4 nitrogen and oxygen atoms in total. The van der Waals surface area contributed by atoms with Crippen LogP contribution in [-0.2, 0) is 0 Å². The highest BCUT2D eigenvalue weighted by Gasteiger charge is 2.31. The fraction of sp³-hybridized carbons (Fsp3) is 0.867. The monoisotopic (exact) mass is 262 g/mol. The first-order chi connectivity index (χ1) is 9.04. The van der Waals surface area contributed by atoms with Crippen LogP contribution in [0.25, 0.3) is 0 Å². The highest BCUT2D eigenvalue weighted by Crippen LogP contribution is 2.42. The molecule has 2 heterocycles. The quantitative estimate of drug-likeness (QED) is 0.891. The van der Waals surface area contributed by atoms with Crippen LogP contribution in [0.2, 0.25) is 0 Å². The minimum absolute atomic E-state index is 0.459. The zero-order chi connectivity index (χ0) is 13.5. The maximum absolute atomic E-state index is 4.42. The maximum atomic E-state index is 4.42. The molecule has 1 aromatic rings. The molecule has 19 heavy (non-hydrogen) atoms. The third-order valence-electron chi connectivity index (χ3n) is 5.03. The van der Waals surface area contributed by atoms with E-state index in [1.807, 2.05) is 0 Å². The predicted molar refractivity (Wildman–Crippen MR) is 76.1 cm³/mol. The summed E-state index contributed by atoms with van der Waals surface area (Å²) in [6.45, 7) is 9.20. The lowest BCUT2D eigenvalue weighted by Gasteiger charge is -2.36. The van der Waals surface area contributed by atoms with E-state index in [1.165, 1.54) is 31.4 Å². The first-order valence-electron chi connectivity index (χ1n) is 7.66. The summed E-state index contributed by atoms with van der Waals surface area (Å²) in [5.41, 5.74) is 1.68. The molecule has 4 heteroatoms. The van der Waals surface area contributed by atoms with Gasteiger partial charge in [0.05, 0.1) is 11.7 Å². The fourth-order valence-electron chi connectivity index (χ4n) is 3.37. The minimum atomic E-state index is 0.459. The predicted octanol–water partition coefficient (Wildman–Crippen LogP) is 2.74. The van der Waals surface area contributed by atoms with Gasteiger partial charge in [-0.3, -0.25) is 0 Å². The van der Waals surface area contributed by atoms with E-state index in [0.717, 1.165) is 19.0 Å². The van der Waals surface area contributed by atoms with Crippen LogP contribution in [0.5, 0.6) is 0 Å². The molecule has 1 saturated carbocycles. The smallest absolute Gasteiger partial charge is 0.0858 e. The van der Waals surface area contributed by atoms with Crippen molar-refractivity contribution in [3.63, 3.8) is 0 Å². The van der Waals surface area contributed by atoms with Gasteiger partial charge in [0.2, 0.25) is 0 Å². The normalized spacial score (nSPS) is 29.2. The highest BCUT2D eigenvalue weighted by molar-refractivity contribution is 5.05. The molecular weight excluding hydrogens is 236 g/mol. The molecule has 0 radical (unpaired) electrons. The van der Waals surface area contributed by atoms with E-state index in [4.69, 9.17) is 0 Å². The molecule has 1 aliphatic carbocycles. The summed E-state index contributed by atoms with van der Waals surface area (Å²) < 4.78 is 2.06. The molecule has 0 aromatic carbocycles. The molecule has 106 valence electrons. The summed E-state index contributed by atoms with van der Waals surface area (Å²) in [6, 6.07) is 0.534. The molecule has 3 rings (SSSR count). The Labute approximate surface area is 116 Å². The van der Waals surface area contributed by atoms with Crippen LogP contribution in [0.4, 0.5) is 0 Å². The van der Waals surface area contributed by atoms with Gasteiger partial charge in [-0.15, -0.1) is 5.10 Å². The summed E-state index contributed by atoms with van der Waals surface area (Å²) >= 11 is 0. The molecule has 1 N–H and O–H groups in total. The molecule has 0 bridgehead atoms. The summed E-state index contributed by atoms with van der Waals surface area (Å²) in [6.07, 6.45) is 7.43. The molecule has 0 amide bonds. The molecule has 1 aliphatic heterocycles. The third-order valence-corrected chi connectivity index (χ3v) is 5.03. The summed E-state index contributed by atoms with van der Waals surface area (Å²) in [5.74, 6) is 1.51. The molecule has 2 aliphatic rings. The molecule has 0 unspecified atom stereocenters. The van der Waals surface area contributed by atoms with Gasteiger partial charge in [-0.2, -0.15) is 0 Å². The van der Waals surface area contributed by atoms with Crippen molar-refractivity contribution in [2.24, 2.45) is 11.3 Å². The van der Waals surface area contributed by atoms with E-state index in [1.54, 1.807) is 0 Å². The highest BCUT2D eigenvalue weighted by atomic mass is 15.4. The zero-order valence-corrected chi connectivity index (χ0v) is 12.4. The molecule has 0 atom stereocenters. The lowest BCUT2D eigenvalue weighted by molar-refractivity contribution is 0.168. The Kier molecular flexibility index (Phi) is 3.37. The Morgan fingerprint density at radius 2 is 1.84 bits per heavy atom. The molecular formula is C15H26N4. The van der Waals surface area contributed by atoms with Gasteiger partial charge in [-0.05, 0) is 37.0 Å². The Hall–Kier alpha value is -0.900. The topological polar surface area (TPSA) is 42.7 Å². The van der Waals surface area contributed by atoms with Crippen molar-refractivity contribution in [1.29, 1.82) is 0 Å². The van der Waals surface area contributed by atoms with Crippen molar-refractivity contribution in [3.8, 4) is 0 Å². The van der Waals surface area contributed by atoms with Crippen molar-refractivity contribution in [2.45, 2.75) is 58.4 Å². The van der Waals surface area contributed by atoms with E-state index in [0.29, 0.717) is 17.4 Å². The molecule has 1 aromatic heterocycles. The second-order valence-corrected chi connectivity index (χ2v) is 7.35. The molecule has 1 saturated heterocycles. The largest absolute Gasteiger partial charge is 0.312 e. The number of rotatable bonds is 2. The van der Waals surface area contributed by atoms with Crippen molar-refractivity contribution in [1.82, 2.24) is 20.3 Å². The average Bonchev–Trinajstić information content (AvgIpc) is 2.75. The van der Waals surface area contributed by atoms with Gasteiger partial charge in [0.25, 0.3) is 0 Å². The van der Waals surface area contributed by atoms with Gasteiger partial charge in [0.15, 0.2) is 0 Å². The van der Waals surface area contributed by atoms with Crippen molar-refractivity contribution in [3.05, 3.63) is 11.9 Å². The Morgan fingerprint density at radius 3 is 2.37 bits per heavy atom. The van der Waals surface area contributed by atoms with Gasteiger partial charge in [-0.1, -0.05) is 26.0 Å². The van der Waals surface area contributed by atoms with Crippen molar-refractivity contribution < 1.29 is 0 Å². The number of hydrogen-bond acceptors (Lipinski definition) is 3. The first kappa shape index (κ1) is 13.1. The van der Waals surface area contributed by atoms with Crippen LogP contribution in [0.15, 0.2) is 6.20 Å². The second kappa shape index (κ2) is 4.89. The number of aromatic nitrogens is 3. The van der Waals surface area contributed by atoms with Gasteiger partial charge in [0, 0.05) is 25.2 Å². The third kappa shape index (κ3) is 2.69. The van der Waals surface area contributed by atoms with Gasteiger partial charge >= 0.3 is 0 Å². The van der Waals surface area contributed by atoms with Crippen LogP contribution < -0.4 is 5.32 Å². The number of nitrogens with one attached hydrogen (secondary N) is 1. The lowest BCUT2D eigenvalue weighted by Crippen LogP contribution is -2.43. The lowest BCUT2D eigenvalue weighted by atomic mass is 9.69. The maximum Gasteiger partial charge on any atom is 0.0858 e. The van der Waals surface area contributed by atoms with E-state index in [-0.39, 0.29) is 0 Å². The molecule has 2 fully saturated rings. The van der Waals surface area contributed by atoms with Gasteiger partial charge < -0.3 is 5.32 Å². The van der Waals surface area contributed by atoms with Crippen LogP contribution >= 0.6 is 0 Å². The minimum Gasteiger partial charge on any atom is -0.312 e. The van der Waals surface area contributed by atoms with Crippen molar-refractivity contribution >= 4 is 0 Å². The Morgan fingerprint density at radius 1 is 1.16 bits per heavy atom. The zero-order valence-electron chi connectivity index (χ0n) is 12.4. The molecule has 0 spiro atoms. The average molecular weight is 262 g/mol. The van der Waals surface area contributed by atoms with Crippen molar-refractivity contribution in [2.75, 3.05) is 13.1 Å². The van der Waals surface area contributed by atoms with Crippen LogP contribution in [0.3, 0.4) is 0 Å². The van der Waals surface area contributed by atoms with Gasteiger partial charge in [0.1, 0.15) is 0 Å². The standard InChI is InChI=1S/C15H26N4/c1-15(2,3)12-6-4-11(5-7-12)14-10-19(18-17-14)13-8-16-9-13/h10-13,16H,4-9H2,1-3H3. The van der Waals surface area contributed by atoms with Crippen LogP contribution in [0.1, 0.15) is 64.1 Å². The SMILES string of the molecule is CC(C)(C)C1CCC(c2cn(C3CNC3)nn2)CC1. The summed E-state index contributed by atoms with van der Waals surface area (Å²) in [4.78, 5) is 0.